The highest BCUT2D eigenvalue weighted by Crippen LogP contribution is 2.32. The third kappa shape index (κ3) is 1.64. The molecule has 0 heterocycles. The highest BCUT2D eigenvalue weighted by Gasteiger charge is 2.10. The quantitative estimate of drug-likeness (QED) is 0.698. The number of benzene rings is 2. The number of rotatable bonds is 1. The fourth-order valence-corrected chi connectivity index (χ4v) is 1.55. The minimum atomic E-state index is -0.354. The van der Waals surface area contributed by atoms with Crippen LogP contribution in [-0.4, -0.2) is 0 Å². The maximum absolute atomic E-state index is 13.6. The Morgan fingerprint density at radius 1 is 0.800 bits per heavy atom. The first-order valence-electron chi connectivity index (χ1n) is 4.59. The van der Waals surface area contributed by atoms with E-state index in [1.165, 1.54) is 6.07 Å². The van der Waals surface area contributed by atoms with Gasteiger partial charge in [-0.1, -0.05) is 24.3 Å². The number of anilines is 2. The molecular weight excluding hydrogens is 191 g/mol. The second-order valence-corrected chi connectivity index (χ2v) is 3.29. The van der Waals surface area contributed by atoms with Crippen LogP contribution in [0.3, 0.4) is 0 Å². The fraction of sp³-hybridized carbons (Fsp3) is 0. The first kappa shape index (κ1) is 9.52. The van der Waals surface area contributed by atoms with E-state index in [9.17, 15) is 4.39 Å². The lowest BCUT2D eigenvalue weighted by molar-refractivity contribution is 0.632. The Bertz CT molecular complexity index is 474. The number of para-hydroxylation sites is 1. The van der Waals surface area contributed by atoms with Gasteiger partial charge in [-0.05, 0) is 18.2 Å². The standard InChI is InChI=1S/C12H11FN2/c13-9-5-3-7-11(15)12(9)8-4-1-2-6-10(8)14/h1-7H,14-15H2. The molecule has 0 aliphatic carbocycles. The van der Waals surface area contributed by atoms with Crippen LogP contribution >= 0.6 is 0 Å². The Kier molecular flexibility index (Phi) is 2.29. The average molecular weight is 202 g/mol. The molecule has 2 rings (SSSR count). The second-order valence-electron chi connectivity index (χ2n) is 3.29. The molecule has 0 aromatic heterocycles. The molecule has 3 heteroatoms. The van der Waals surface area contributed by atoms with Gasteiger partial charge in [0.05, 0.1) is 0 Å². The van der Waals surface area contributed by atoms with E-state index in [4.69, 9.17) is 11.5 Å². The molecule has 0 unspecified atom stereocenters. The first-order chi connectivity index (χ1) is 7.20. The lowest BCUT2D eigenvalue weighted by Gasteiger charge is -2.09. The minimum Gasteiger partial charge on any atom is -0.398 e. The molecule has 0 saturated heterocycles. The van der Waals surface area contributed by atoms with Gasteiger partial charge >= 0.3 is 0 Å². The molecular formula is C12H11FN2. The molecule has 0 radical (unpaired) electrons. The summed E-state index contributed by atoms with van der Waals surface area (Å²) in [4.78, 5) is 0. The van der Waals surface area contributed by atoms with Crippen LogP contribution in [0.1, 0.15) is 0 Å². The Hall–Kier alpha value is -2.03. The topological polar surface area (TPSA) is 52.0 Å². The van der Waals surface area contributed by atoms with Gasteiger partial charge < -0.3 is 11.5 Å². The van der Waals surface area contributed by atoms with Crippen LogP contribution in [0.4, 0.5) is 15.8 Å². The number of hydrogen-bond acceptors (Lipinski definition) is 2. The Balaban J connectivity index is 2.69. The van der Waals surface area contributed by atoms with Gasteiger partial charge in [-0.25, -0.2) is 4.39 Å². The summed E-state index contributed by atoms with van der Waals surface area (Å²) < 4.78 is 13.6. The molecule has 0 amide bonds. The van der Waals surface area contributed by atoms with E-state index in [1.54, 1.807) is 36.4 Å². The van der Waals surface area contributed by atoms with Crippen molar-refractivity contribution in [2.45, 2.75) is 0 Å². The number of nitrogens with two attached hydrogens (primary N) is 2. The molecule has 2 aromatic carbocycles. The summed E-state index contributed by atoms with van der Waals surface area (Å²) in [5.41, 5.74) is 13.4. The molecule has 0 saturated carbocycles. The molecule has 4 N–H and O–H groups in total. The molecule has 2 nitrogen and oxygen atoms in total. The second kappa shape index (κ2) is 3.61. The van der Waals surface area contributed by atoms with Crippen molar-refractivity contribution in [1.29, 1.82) is 0 Å². The van der Waals surface area contributed by atoms with Crippen LogP contribution in [0.15, 0.2) is 42.5 Å². The van der Waals surface area contributed by atoms with Gasteiger partial charge in [0.15, 0.2) is 0 Å². The predicted molar refractivity (Wildman–Crippen MR) is 60.7 cm³/mol. The van der Waals surface area contributed by atoms with Crippen molar-refractivity contribution in [2.24, 2.45) is 0 Å². The molecule has 0 spiro atoms. The predicted octanol–water partition coefficient (Wildman–Crippen LogP) is 2.66. The van der Waals surface area contributed by atoms with E-state index in [0.29, 0.717) is 22.5 Å². The van der Waals surface area contributed by atoms with Crippen molar-refractivity contribution in [3.63, 3.8) is 0 Å². The number of hydrogen-bond donors (Lipinski definition) is 2. The fourth-order valence-electron chi connectivity index (χ4n) is 1.55. The summed E-state index contributed by atoms with van der Waals surface area (Å²) in [5.74, 6) is -0.354. The van der Waals surface area contributed by atoms with Gasteiger partial charge in [0.1, 0.15) is 5.82 Å². The van der Waals surface area contributed by atoms with Gasteiger partial charge in [0, 0.05) is 22.5 Å². The van der Waals surface area contributed by atoms with Gasteiger partial charge in [0.25, 0.3) is 0 Å². The van der Waals surface area contributed by atoms with Crippen molar-refractivity contribution >= 4 is 11.4 Å². The number of nitrogen functional groups attached to an aromatic ring is 2. The first-order valence-corrected chi connectivity index (χ1v) is 4.59. The highest BCUT2D eigenvalue weighted by molar-refractivity contribution is 5.84. The van der Waals surface area contributed by atoms with Gasteiger partial charge in [-0.3, -0.25) is 0 Å². The minimum absolute atomic E-state index is 0.354. The maximum Gasteiger partial charge on any atom is 0.133 e. The van der Waals surface area contributed by atoms with Crippen LogP contribution in [0, 0.1) is 5.82 Å². The SMILES string of the molecule is Nc1ccccc1-c1c(N)cccc1F. The zero-order valence-corrected chi connectivity index (χ0v) is 8.07. The van der Waals surface area contributed by atoms with Crippen LogP contribution < -0.4 is 11.5 Å². The van der Waals surface area contributed by atoms with Crippen LogP contribution in [0.5, 0.6) is 0 Å². The van der Waals surface area contributed by atoms with Gasteiger partial charge in [-0.15, -0.1) is 0 Å². The molecule has 0 aliphatic heterocycles. The molecule has 0 atom stereocenters. The van der Waals surface area contributed by atoms with E-state index in [1.807, 2.05) is 0 Å². The van der Waals surface area contributed by atoms with Crippen LogP contribution in [0.2, 0.25) is 0 Å². The summed E-state index contributed by atoms with van der Waals surface area (Å²) in [5, 5.41) is 0. The molecule has 0 aliphatic rings. The third-order valence-corrected chi connectivity index (χ3v) is 2.28. The van der Waals surface area contributed by atoms with Crippen molar-refractivity contribution in [3.8, 4) is 11.1 Å². The number of halogens is 1. The molecule has 76 valence electrons. The maximum atomic E-state index is 13.6. The zero-order chi connectivity index (χ0) is 10.8. The van der Waals surface area contributed by atoms with Crippen LogP contribution in [0.25, 0.3) is 11.1 Å². The highest BCUT2D eigenvalue weighted by atomic mass is 19.1. The average Bonchev–Trinajstić information content (AvgIpc) is 2.20. The molecule has 15 heavy (non-hydrogen) atoms. The zero-order valence-electron chi connectivity index (χ0n) is 8.07. The summed E-state index contributed by atoms with van der Waals surface area (Å²) in [6, 6.07) is 11.7. The van der Waals surface area contributed by atoms with Crippen molar-refractivity contribution < 1.29 is 4.39 Å². The molecule has 2 aromatic rings. The largest absolute Gasteiger partial charge is 0.398 e. The van der Waals surface area contributed by atoms with Crippen molar-refractivity contribution in [2.75, 3.05) is 11.5 Å². The Morgan fingerprint density at radius 3 is 2.13 bits per heavy atom. The van der Waals surface area contributed by atoms with E-state index in [-0.39, 0.29) is 5.82 Å². The molecule has 0 bridgehead atoms. The normalized spacial score (nSPS) is 10.2. The molecule has 0 fully saturated rings. The van der Waals surface area contributed by atoms with E-state index in [2.05, 4.69) is 0 Å². The summed E-state index contributed by atoms with van der Waals surface area (Å²) in [7, 11) is 0. The Morgan fingerprint density at radius 2 is 1.47 bits per heavy atom. The van der Waals surface area contributed by atoms with E-state index in [0.717, 1.165) is 0 Å². The smallest absolute Gasteiger partial charge is 0.133 e. The lowest BCUT2D eigenvalue weighted by Crippen LogP contribution is -1.96. The van der Waals surface area contributed by atoms with Gasteiger partial charge in [-0.2, -0.15) is 0 Å². The van der Waals surface area contributed by atoms with E-state index >= 15 is 0 Å². The van der Waals surface area contributed by atoms with Crippen molar-refractivity contribution in [1.82, 2.24) is 0 Å². The summed E-state index contributed by atoms with van der Waals surface area (Å²) in [6.45, 7) is 0. The van der Waals surface area contributed by atoms with Crippen LogP contribution in [-0.2, 0) is 0 Å². The van der Waals surface area contributed by atoms with E-state index < -0.39 is 0 Å². The summed E-state index contributed by atoms with van der Waals surface area (Å²) in [6.07, 6.45) is 0. The summed E-state index contributed by atoms with van der Waals surface area (Å²) >= 11 is 0. The third-order valence-electron chi connectivity index (χ3n) is 2.28. The monoisotopic (exact) mass is 202 g/mol. The lowest BCUT2D eigenvalue weighted by atomic mass is 10.0. The van der Waals surface area contributed by atoms with Crippen molar-refractivity contribution in [3.05, 3.63) is 48.3 Å². The Labute approximate surface area is 87.3 Å². The van der Waals surface area contributed by atoms with Gasteiger partial charge in [0.2, 0.25) is 0 Å².